The number of hydrogen-bond donors (Lipinski definition) is 2. The van der Waals surface area contributed by atoms with Crippen molar-refractivity contribution in [3.8, 4) is 0 Å². The molecule has 0 saturated heterocycles. The number of alkyl carbamates (subject to hydrolysis) is 2. The summed E-state index contributed by atoms with van der Waals surface area (Å²) in [5.41, 5.74) is -1.11. The first-order valence-corrected chi connectivity index (χ1v) is 8.61. The standard InChI is InChI=1S/C18H25ClFN3O4/c1-17(2,3)26-15(24)22-14(23-16(25)27-18(4,5)6)21-10-11-9-12(20)7-8-13(11)19/h7-9H,10H2,1-6H3,(H2,21,22,23,24,25). The molecule has 150 valence electrons. The van der Waals surface area contributed by atoms with Gasteiger partial charge in [0.25, 0.3) is 0 Å². The highest BCUT2D eigenvalue weighted by Crippen LogP contribution is 2.18. The lowest BCUT2D eigenvalue weighted by atomic mass is 10.2. The van der Waals surface area contributed by atoms with E-state index in [4.69, 9.17) is 21.1 Å². The van der Waals surface area contributed by atoms with Crippen molar-refractivity contribution in [2.24, 2.45) is 4.99 Å². The fraction of sp³-hybridized carbons (Fsp3) is 0.500. The molecule has 0 heterocycles. The molecule has 0 spiro atoms. The average Bonchev–Trinajstić information content (AvgIpc) is 2.43. The van der Waals surface area contributed by atoms with Crippen molar-refractivity contribution in [2.75, 3.05) is 0 Å². The second-order valence-electron chi connectivity index (χ2n) is 7.65. The number of ether oxygens (including phenoxy) is 2. The van der Waals surface area contributed by atoms with E-state index in [9.17, 15) is 14.0 Å². The van der Waals surface area contributed by atoms with E-state index in [0.29, 0.717) is 10.6 Å². The minimum atomic E-state index is -0.817. The van der Waals surface area contributed by atoms with Crippen LogP contribution in [0.25, 0.3) is 0 Å². The summed E-state index contributed by atoms with van der Waals surface area (Å²) in [6.45, 7) is 10.1. The van der Waals surface area contributed by atoms with Gasteiger partial charge in [-0.25, -0.2) is 19.0 Å². The van der Waals surface area contributed by atoms with Gasteiger partial charge in [0.2, 0.25) is 5.96 Å². The van der Waals surface area contributed by atoms with E-state index in [1.165, 1.54) is 18.2 Å². The van der Waals surface area contributed by atoms with Crippen LogP contribution in [-0.4, -0.2) is 29.3 Å². The van der Waals surface area contributed by atoms with Gasteiger partial charge in [0.15, 0.2) is 0 Å². The van der Waals surface area contributed by atoms with E-state index in [1.807, 2.05) is 0 Å². The Balaban J connectivity index is 2.96. The first kappa shape index (κ1) is 22.7. The highest BCUT2D eigenvalue weighted by molar-refractivity contribution is 6.31. The molecule has 0 fully saturated rings. The molecule has 0 aliphatic rings. The Bertz CT molecular complexity index is 692. The molecular formula is C18H25ClFN3O4. The van der Waals surface area contributed by atoms with Gasteiger partial charge in [0, 0.05) is 5.02 Å². The number of halogens is 2. The van der Waals surface area contributed by atoms with Crippen LogP contribution >= 0.6 is 11.6 Å². The molecule has 2 N–H and O–H groups in total. The Morgan fingerprint density at radius 1 is 1.04 bits per heavy atom. The van der Waals surface area contributed by atoms with E-state index >= 15 is 0 Å². The Hall–Kier alpha value is -2.35. The van der Waals surface area contributed by atoms with Crippen LogP contribution in [0.4, 0.5) is 14.0 Å². The van der Waals surface area contributed by atoms with Crippen molar-refractivity contribution in [1.29, 1.82) is 0 Å². The number of guanidine groups is 1. The largest absolute Gasteiger partial charge is 0.444 e. The molecule has 0 aromatic heterocycles. The van der Waals surface area contributed by atoms with Crippen LogP contribution in [0.5, 0.6) is 0 Å². The van der Waals surface area contributed by atoms with Crippen LogP contribution in [0.1, 0.15) is 47.1 Å². The number of carbonyl (C=O) groups is 2. The fourth-order valence-corrected chi connectivity index (χ4v) is 1.92. The molecule has 0 aliphatic carbocycles. The zero-order chi connectivity index (χ0) is 20.8. The third-order valence-electron chi connectivity index (χ3n) is 2.65. The SMILES string of the molecule is CC(C)(C)OC(=O)NC(=NCc1cc(F)ccc1Cl)NC(=O)OC(C)(C)C. The zero-order valence-electron chi connectivity index (χ0n) is 16.3. The van der Waals surface area contributed by atoms with Crippen molar-refractivity contribution in [2.45, 2.75) is 59.3 Å². The summed E-state index contributed by atoms with van der Waals surface area (Å²) in [4.78, 5) is 28.0. The van der Waals surface area contributed by atoms with Gasteiger partial charge in [-0.1, -0.05) is 11.6 Å². The van der Waals surface area contributed by atoms with E-state index in [-0.39, 0.29) is 12.5 Å². The van der Waals surface area contributed by atoms with Gasteiger partial charge in [0.1, 0.15) is 17.0 Å². The first-order chi connectivity index (χ1) is 12.2. The summed E-state index contributed by atoms with van der Waals surface area (Å²) in [6, 6.07) is 3.82. The summed E-state index contributed by atoms with van der Waals surface area (Å²) in [5, 5.41) is 4.97. The minimum absolute atomic E-state index is 0.0858. The summed E-state index contributed by atoms with van der Waals surface area (Å²) in [7, 11) is 0. The second-order valence-corrected chi connectivity index (χ2v) is 8.06. The molecule has 27 heavy (non-hydrogen) atoms. The van der Waals surface area contributed by atoms with E-state index in [1.54, 1.807) is 41.5 Å². The molecule has 2 amide bonds. The lowest BCUT2D eigenvalue weighted by molar-refractivity contribution is 0.0545. The van der Waals surface area contributed by atoms with Crippen LogP contribution < -0.4 is 10.6 Å². The van der Waals surface area contributed by atoms with Crippen LogP contribution in [0.15, 0.2) is 23.2 Å². The van der Waals surface area contributed by atoms with Crippen molar-refractivity contribution < 1.29 is 23.5 Å². The number of nitrogens with zero attached hydrogens (tertiary/aromatic N) is 1. The highest BCUT2D eigenvalue weighted by Gasteiger charge is 2.21. The third-order valence-corrected chi connectivity index (χ3v) is 3.02. The normalized spacial score (nSPS) is 11.4. The topological polar surface area (TPSA) is 89.0 Å². The number of carbonyl (C=O) groups excluding carboxylic acids is 2. The maximum atomic E-state index is 13.4. The van der Waals surface area contributed by atoms with Gasteiger partial charge in [0.05, 0.1) is 6.54 Å². The van der Waals surface area contributed by atoms with Gasteiger partial charge in [-0.3, -0.25) is 10.6 Å². The van der Waals surface area contributed by atoms with Crippen LogP contribution in [0, 0.1) is 5.82 Å². The minimum Gasteiger partial charge on any atom is -0.444 e. The molecule has 0 atom stereocenters. The maximum Gasteiger partial charge on any atom is 0.414 e. The van der Waals surface area contributed by atoms with E-state index in [2.05, 4.69) is 15.6 Å². The van der Waals surface area contributed by atoms with Crippen LogP contribution in [0.2, 0.25) is 5.02 Å². The van der Waals surface area contributed by atoms with Gasteiger partial charge >= 0.3 is 12.2 Å². The van der Waals surface area contributed by atoms with Gasteiger partial charge in [-0.05, 0) is 65.3 Å². The number of rotatable bonds is 2. The fourth-order valence-electron chi connectivity index (χ4n) is 1.74. The van der Waals surface area contributed by atoms with E-state index in [0.717, 1.165) is 0 Å². The number of nitrogens with one attached hydrogen (secondary N) is 2. The van der Waals surface area contributed by atoms with Gasteiger partial charge in [-0.2, -0.15) is 0 Å². The Morgan fingerprint density at radius 3 is 1.96 bits per heavy atom. The van der Waals surface area contributed by atoms with Crippen LogP contribution in [0.3, 0.4) is 0 Å². The summed E-state index contributed by atoms with van der Waals surface area (Å²) in [5.74, 6) is -0.690. The zero-order valence-corrected chi connectivity index (χ0v) is 17.0. The van der Waals surface area contributed by atoms with Gasteiger partial charge in [-0.15, -0.1) is 0 Å². The molecular weight excluding hydrogens is 377 g/mol. The summed E-state index contributed by atoms with van der Waals surface area (Å²) < 4.78 is 23.6. The summed E-state index contributed by atoms with van der Waals surface area (Å²) >= 11 is 6.01. The molecule has 9 heteroatoms. The van der Waals surface area contributed by atoms with Crippen molar-refractivity contribution >= 4 is 29.7 Å². The smallest absolute Gasteiger partial charge is 0.414 e. The van der Waals surface area contributed by atoms with E-state index < -0.39 is 29.2 Å². The summed E-state index contributed by atoms with van der Waals surface area (Å²) in [6.07, 6.45) is -1.63. The third kappa shape index (κ3) is 9.79. The Kier molecular flexibility index (Phi) is 7.59. The van der Waals surface area contributed by atoms with Crippen molar-refractivity contribution in [3.63, 3.8) is 0 Å². The highest BCUT2D eigenvalue weighted by atomic mass is 35.5. The predicted octanol–water partition coefficient (Wildman–Crippen LogP) is 4.38. The molecule has 0 saturated carbocycles. The lowest BCUT2D eigenvalue weighted by Gasteiger charge is -2.22. The number of amides is 2. The van der Waals surface area contributed by atoms with Gasteiger partial charge < -0.3 is 9.47 Å². The molecule has 0 radical (unpaired) electrons. The number of hydrogen-bond acceptors (Lipinski definition) is 5. The Morgan fingerprint density at radius 2 is 1.52 bits per heavy atom. The molecule has 7 nitrogen and oxygen atoms in total. The van der Waals surface area contributed by atoms with Crippen molar-refractivity contribution in [3.05, 3.63) is 34.6 Å². The first-order valence-electron chi connectivity index (χ1n) is 8.23. The quantitative estimate of drug-likeness (QED) is 0.568. The maximum absolute atomic E-state index is 13.4. The van der Waals surface area contributed by atoms with Crippen molar-refractivity contribution in [1.82, 2.24) is 10.6 Å². The average molecular weight is 402 g/mol. The molecule has 0 unspecified atom stereocenters. The lowest BCUT2D eigenvalue weighted by Crippen LogP contribution is -2.47. The molecule has 1 aromatic carbocycles. The molecule has 1 aromatic rings. The molecule has 1 rings (SSSR count). The Labute approximate surface area is 163 Å². The van der Waals surface area contributed by atoms with Crippen LogP contribution in [-0.2, 0) is 16.0 Å². The molecule has 0 bridgehead atoms. The predicted molar refractivity (Wildman–Crippen MR) is 101 cm³/mol. The monoisotopic (exact) mass is 401 g/mol. The number of aliphatic imine (C=N–C) groups is 1. The number of benzene rings is 1. The molecule has 0 aliphatic heterocycles. The second kappa shape index (κ2) is 9.03.